The van der Waals surface area contributed by atoms with Crippen LogP contribution in [0.1, 0.15) is 72.1 Å². The summed E-state index contributed by atoms with van der Waals surface area (Å²) in [6, 6.07) is 0. The number of carbonyl (C=O) groups excluding carboxylic acids is 1. The minimum atomic E-state index is -0.386. The lowest BCUT2D eigenvalue weighted by Gasteiger charge is -2.21. The summed E-state index contributed by atoms with van der Waals surface area (Å²) in [6.07, 6.45) is 8.32. The van der Waals surface area contributed by atoms with Crippen LogP contribution in [0.15, 0.2) is 4.99 Å². The zero-order chi connectivity index (χ0) is 16.4. The molecule has 2 N–H and O–H groups in total. The number of hydrogen-bond donors (Lipinski definition) is 1. The highest BCUT2D eigenvalue weighted by Crippen LogP contribution is 2.11. The van der Waals surface area contributed by atoms with Crippen molar-refractivity contribution in [3.05, 3.63) is 0 Å². The van der Waals surface area contributed by atoms with Crippen molar-refractivity contribution in [2.75, 3.05) is 19.6 Å². The largest absolute Gasteiger partial charge is 0.460 e. The third-order valence-electron chi connectivity index (χ3n) is 3.66. The number of aliphatic imine (C=N–C) groups is 1. The Morgan fingerprint density at radius 1 is 1.09 bits per heavy atom. The number of nitrogens with zero attached hydrogens (tertiary/aromatic N) is 2. The third kappa shape index (κ3) is 8.90. The van der Waals surface area contributed by atoms with Crippen molar-refractivity contribution in [1.82, 2.24) is 4.90 Å². The predicted molar refractivity (Wildman–Crippen MR) is 90.8 cm³/mol. The average Bonchev–Trinajstić information content (AvgIpc) is 2.69. The molecule has 0 radical (unpaired) electrons. The second-order valence-corrected chi connectivity index (χ2v) is 7.04. The first-order chi connectivity index (χ1) is 10.4. The predicted octanol–water partition coefficient (Wildman–Crippen LogP) is 3.08. The molecule has 5 nitrogen and oxygen atoms in total. The summed E-state index contributed by atoms with van der Waals surface area (Å²) in [5, 5.41) is 0. The second kappa shape index (κ2) is 9.70. The Labute approximate surface area is 135 Å². The minimum Gasteiger partial charge on any atom is -0.460 e. The molecule has 5 heteroatoms. The highest BCUT2D eigenvalue weighted by Gasteiger charge is 2.15. The Balaban J connectivity index is 2.11. The fraction of sp³-hybridized carbons (Fsp3) is 0.882. The van der Waals surface area contributed by atoms with Gasteiger partial charge in [-0.15, -0.1) is 0 Å². The Morgan fingerprint density at radius 2 is 1.73 bits per heavy atom. The fourth-order valence-electron chi connectivity index (χ4n) is 2.54. The van der Waals surface area contributed by atoms with E-state index >= 15 is 0 Å². The van der Waals surface area contributed by atoms with Crippen LogP contribution in [0.4, 0.5) is 0 Å². The van der Waals surface area contributed by atoms with Crippen molar-refractivity contribution in [2.24, 2.45) is 10.7 Å². The van der Waals surface area contributed by atoms with E-state index < -0.39 is 0 Å². The minimum absolute atomic E-state index is 0.111. The molecule has 1 aliphatic heterocycles. The van der Waals surface area contributed by atoms with Crippen molar-refractivity contribution >= 4 is 11.9 Å². The average molecular weight is 311 g/mol. The molecule has 22 heavy (non-hydrogen) atoms. The summed E-state index contributed by atoms with van der Waals surface area (Å²) in [6.45, 7) is 8.50. The molecule has 1 heterocycles. The Hall–Kier alpha value is -1.26. The van der Waals surface area contributed by atoms with E-state index in [1.807, 2.05) is 20.8 Å². The number of esters is 1. The Bertz CT molecular complexity index is 353. The molecular weight excluding hydrogens is 278 g/mol. The Morgan fingerprint density at radius 3 is 2.32 bits per heavy atom. The molecule has 0 saturated carbocycles. The smallest absolute Gasteiger partial charge is 0.306 e. The first kappa shape index (κ1) is 18.8. The molecule has 0 bridgehead atoms. The fourth-order valence-corrected chi connectivity index (χ4v) is 2.54. The number of nitrogens with two attached hydrogens (primary N) is 1. The van der Waals surface area contributed by atoms with Crippen LogP contribution in [0.5, 0.6) is 0 Å². The number of rotatable bonds is 6. The maximum atomic E-state index is 11.6. The first-order valence-electron chi connectivity index (χ1n) is 8.65. The van der Waals surface area contributed by atoms with Gasteiger partial charge in [0, 0.05) is 26.1 Å². The zero-order valence-corrected chi connectivity index (χ0v) is 14.6. The van der Waals surface area contributed by atoms with Gasteiger partial charge in [0.25, 0.3) is 0 Å². The van der Waals surface area contributed by atoms with Crippen molar-refractivity contribution in [3.8, 4) is 0 Å². The van der Waals surface area contributed by atoms with Crippen LogP contribution in [0.2, 0.25) is 0 Å². The van der Waals surface area contributed by atoms with Gasteiger partial charge in [-0.3, -0.25) is 9.79 Å². The SMILES string of the molecule is CC(C)(C)OC(=O)CCCCCN=C(N)N1CCCCCC1. The van der Waals surface area contributed by atoms with E-state index in [0.717, 1.165) is 38.9 Å². The Kier molecular flexibility index (Phi) is 8.28. The molecule has 0 aromatic carbocycles. The normalized spacial score (nSPS) is 17.2. The van der Waals surface area contributed by atoms with E-state index in [0.29, 0.717) is 12.4 Å². The third-order valence-corrected chi connectivity index (χ3v) is 3.66. The molecule has 1 saturated heterocycles. The molecule has 1 rings (SSSR count). The summed E-state index contributed by atoms with van der Waals surface area (Å²) in [5.74, 6) is 0.578. The molecule has 1 fully saturated rings. The van der Waals surface area contributed by atoms with Gasteiger partial charge in [0.15, 0.2) is 5.96 Å². The molecule has 0 unspecified atom stereocenters. The summed E-state index contributed by atoms with van der Waals surface area (Å²) in [5.41, 5.74) is 5.67. The van der Waals surface area contributed by atoms with E-state index in [-0.39, 0.29) is 11.6 Å². The lowest BCUT2D eigenvalue weighted by Crippen LogP contribution is -2.38. The van der Waals surface area contributed by atoms with Crippen LogP contribution in [-0.4, -0.2) is 42.1 Å². The number of unbranched alkanes of at least 4 members (excludes halogenated alkanes) is 2. The molecule has 0 aromatic heterocycles. The molecule has 0 atom stereocenters. The lowest BCUT2D eigenvalue weighted by atomic mass is 10.1. The van der Waals surface area contributed by atoms with Crippen LogP contribution in [-0.2, 0) is 9.53 Å². The van der Waals surface area contributed by atoms with Crippen molar-refractivity contribution in [2.45, 2.75) is 77.7 Å². The highest BCUT2D eigenvalue weighted by atomic mass is 16.6. The quantitative estimate of drug-likeness (QED) is 0.354. The van der Waals surface area contributed by atoms with Crippen molar-refractivity contribution in [1.29, 1.82) is 0 Å². The summed E-state index contributed by atoms with van der Waals surface area (Å²) in [7, 11) is 0. The van der Waals surface area contributed by atoms with E-state index in [9.17, 15) is 4.79 Å². The monoisotopic (exact) mass is 311 g/mol. The highest BCUT2D eigenvalue weighted by molar-refractivity contribution is 5.78. The maximum Gasteiger partial charge on any atom is 0.306 e. The van der Waals surface area contributed by atoms with E-state index in [1.54, 1.807) is 0 Å². The van der Waals surface area contributed by atoms with E-state index in [4.69, 9.17) is 10.5 Å². The van der Waals surface area contributed by atoms with Crippen LogP contribution >= 0.6 is 0 Å². The van der Waals surface area contributed by atoms with E-state index in [2.05, 4.69) is 9.89 Å². The molecular formula is C17H33N3O2. The van der Waals surface area contributed by atoms with Gasteiger partial charge in [-0.2, -0.15) is 0 Å². The van der Waals surface area contributed by atoms with Gasteiger partial charge in [0.1, 0.15) is 5.60 Å². The molecule has 0 amide bonds. The van der Waals surface area contributed by atoms with Gasteiger partial charge in [-0.25, -0.2) is 0 Å². The van der Waals surface area contributed by atoms with Gasteiger partial charge in [0.2, 0.25) is 0 Å². The number of carbonyl (C=O) groups is 1. The lowest BCUT2D eigenvalue weighted by molar-refractivity contribution is -0.154. The van der Waals surface area contributed by atoms with Gasteiger partial charge in [-0.1, -0.05) is 19.3 Å². The molecule has 0 aliphatic carbocycles. The summed E-state index contributed by atoms with van der Waals surface area (Å²) >= 11 is 0. The van der Waals surface area contributed by atoms with Gasteiger partial charge in [-0.05, 0) is 46.5 Å². The first-order valence-corrected chi connectivity index (χ1v) is 8.65. The van der Waals surface area contributed by atoms with Gasteiger partial charge in [0.05, 0.1) is 0 Å². The number of ether oxygens (including phenoxy) is 1. The molecule has 0 spiro atoms. The molecule has 128 valence electrons. The number of hydrogen-bond acceptors (Lipinski definition) is 3. The summed E-state index contributed by atoms with van der Waals surface area (Å²) < 4.78 is 5.28. The molecule has 1 aliphatic rings. The van der Waals surface area contributed by atoms with E-state index in [1.165, 1.54) is 25.7 Å². The maximum absolute atomic E-state index is 11.6. The number of guanidine groups is 1. The van der Waals surface area contributed by atoms with Crippen LogP contribution < -0.4 is 5.73 Å². The van der Waals surface area contributed by atoms with Crippen molar-refractivity contribution in [3.63, 3.8) is 0 Å². The standard InChI is InChI=1S/C17H33N3O2/c1-17(2,3)22-15(21)11-7-6-8-12-19-16(18)20-13-9-4-5-10-14-20/h4-14H2,1-3H3,(H2,18,19). The van der Waals surface area contributed by atoms with Crippen LogP contribution in [0.3, 0.4) is 0 Å². The summed E-state index contributed by atoms with van der Waals surface area (Å²) in [4.78, 5) is 18.2. The zero-order valence-electron chi connectivity index (χ0n) is 14.6. The van der Waals surface area contributed by atoms with Gasteiger partial charge < -0.3 is 15.4 Å². The topological polar surface area (TPSA) is 67.9 Å². The van der Waals surface area contributed by atoms with Gasteiger partial charge >= 0.3 is 5.97 Å². The van der Waals surface area contributed by atoms with Crippen LogP contribution in [0, 0.1) is 0 Å². The second-order valence-electron chi connectivity index (χ2n) is 7.04. The molecule has 0 aromatic rings. The van der Waals surface area contributed by atoms with Crippen molar-refractivity contribution < 1.29 is 9.53 Å². The van der Waals surface area contributed by atoms with Crippen LogP contribution in [0.25, 0.3) is 0 Å². The number of likely N-dealkylation sites (tertiary alicyclic amines) is 1.